The van der Waals surface area contributed by atoms with Crippen molar-refractivity contribution in [1.82, 2.24) is 0 Å². The van der Waals surface area contributed by atoms with E-state index in [0.29, 0.717) is 5.41 Å². The van der Waals surface area contributed by atoms with Gasteiger partial charge in [-0.1, -0.05) is 46.3 Å². The highest BCUT2D eigenvalue weighted by Crippen LogP contribution is 2.18. The number of rotatable bonds is 4. The van der Waals surface area contributed by atoms with E-state index >= 15 is 0 Å². The summed E-state index contributed by atoms with van der Waals surface area (Å²) in [6.45, 7) is 10.6. The van der Waals surface area contributed by atoms with Crippen LogP contribution in [0.25, 0.3) is 0 Å². The highest BCUT2D eigenvalue weighted by molar-refractivity contribution is 4.85. The monoisotopic (exact) mass is 153 g/mol. The van der Waals surface area contributed by atoms with Crippen molar-refractivity contribution < 1.29 is 0 Å². The van der Waals surface area contributed by atoms with Gasteiger partial charge in [-0.2, -0.15) is 0 Å². The first-order valence-corrected chi connectivity index (χ1v) is 4.50. The predicted octanol–water partition coefficient (Wildman–Crippen LogP) is 3.98. The second-order valence-corrected chi connectivity index (χ2v) is 4.23. The van der Waals surface area contributed by atoms with Crippen molar-refractivity contribution in [2.45, 2.75) is 46.5 Å². The first-order valence-electron chi connectivity index (χ1n) is 4.50. The first-order chi connectivity index (χ1) is 5.06. The van der Waals surface area contributed by atoms with Gasteiger partial charge in [-0.3, -0.25) is 0 Å². The molecule has 0 aromatic heterocycles. The molecule has 0 atom stereocenters. The third-order valence-corrected chi connectivity index (χ3v) is 1.52. The normalized spacial score (nSPS) is 12.7. The number of hydrogen-bond acceptors (Lipinski definition) is 0. The fourth-order valence-electron chi connectivity index (χ4n) is 0.817. The van der Waals surface area contributed by atoms with E-state index in [1.807, 2.05) is 0 Å². The van der Waals surface area contributed by atoms with E-state index in [1.165, 1.54) is 19.3 Å². The molecule has 0 heterocycles. The van der Waals surface area contributed by atoms with Gasteiger partial charge in [-0.15, -0.1) is 0 Å². The summed E-state index contributed by atoms with van der Waals surface area (Å²) in [6.07, 6.45) is 9.22. The minimum atomic E-state index is 0.445. The van der Waals surface area contributed by atoms with E-state index in [1.54, 1.807) is 0 Å². The quantitative estimate of drug-likeness (QED) is 0.423. The molecule has 11 heavy (non-hydrogen) atoms. The maximum Gasteiger partial charge on any atom is -0.0302 e. The Kier molecular flexibility index (Phi) is 5.27. The molecule has 0 bridgehead atoms. The predicted molar refractivity (Wildman–Crippen MR) is 52.4 cm³/mol. The summed E-state index contributed by atoms with van der Waals surface area (Å²) in [5, 5.41) is 0. The lowest BCUT2D eigenvalue weighted by Gasteiger charge is -2.14. The third kappa shape index (κ3) is 9.74. The van der Waals surface area contributed by atoms with Crippen molar-refractivity contribution in [2.24, 2.45) is 5.41 Å². The molecule has 0 spiro atoms. The molecule has 0 rings (SSSR count). The van der Waals surface area contributed by atoms with Crippen LogP contribution in [0.15, 0.2) is 12.2 Å². The van der Waals surface area contributed by atoms with Crippen LogP contribution < -0.4 is 0 Å². The SMILES string of the molecule is [CH2]CCC/C=C/CC(C)(C)C. The summed E-state index contributed by atoms with van der Waals surface area (Å²) in [5.74, 6) is 0. The van der Waals surface area contributed by atoms with Crippen LogP contribution in [-0.4, -0.2) is 0 Å². The average Bonchev–Trinajstić information content (AvgIpc) is 1.85. The van der Waals surface area contributed by atoms with Crippen molar-refractivity contribution in [2.75, 3.05) is 0 Å². The Hall–Kier alpha value is -0.260. The molecule has 0 aromatic carbocycles. The second kappa shape index (κ2) is 5.40. The molecule has 0 amide bonds. The van der Waals surface area contributed by atoms with Gasteiger partial charge >= 0.3 is 0 Å². The van der Waals surface area contributed by atoms with Crippen LogP contribution >= 0.6 is 0 Å². The molecule has 0 saturated heterocycles. The Labute approximate surface area is 71.7 Å². The van der Waals surface area contributed by atoms with E-state index in [2.05, 4.69) is 39.8 Å². The fraction of sp³-hybridized carbons (Fsp3) is 0.727. The van der Waals surface area contributed by atoms with Crippen LogP contribution in [0.1, 0.15) is 46.5 Å². The van der Waals surface area contributed by atoms with Crippen LogP contribution in [0.5, 0.6) is 0 Å². The van der Waals surface area contributed by atoms with E-state index in [4.69, 9.17) is 0 Å². The molecular formula is C11H21. The van der Waals surface area contributed by atoms with Gasteiger partial charge < -0.3 is 0 Å². The molecule has 1 radical (unpaired) electrons. The number of unbranched alkanes of at least 4 members (excludes halogenated alkanes) is 2. The molecule has 0 aromatic rings. The zero-order valence-corrected chi connectivity index (χ0v) is 8.19. The van der Waals surface area contributed by atoms with E-state index in [9.17, 15) is 0 Å². The third-order valence-electron chi connectivity index (χ3n) is 1.52. The van der Waals surface area contributed by atoms with E-state index < -0.39 is 0 Å². The standard InChI is InChI=1S/C11H21/c1-5-6-7-8-9-10-11(2,3)4/h8-9H,1,5-7,10H2,2-4H3/b9-8+. The maximum absolute atomic E-state index is 3.80. The van der Waals surface area contributed by atoms with Crippen LogP contribution in [0.4, 0.5) is 0 Å². The molecule has 0 saturated carbocycles. The van der Waals surface area contributed by atoms with Crippen molar-refractivity contribution in [1.29, 1.82) is 0 Å². The Morgan fingerprint density at radius 2 is 1.82 bits per heavy atom. The van der Waals surface area contributed by atoms with E-state index in [-0.39, 0.29) is 0 Å². The van der Waals surface area contributed by atoms with Crippen molar-refractivity contribution in [3.63, 3.8) is 0 Å². The highest BCUT2D eigenvalue weighted by atomic mass is 14.1. The molecule has 0 nitrogen and oxygen atoms in total. The fourth-order valence-corrected chi connectivity index (χ4v) is 0.817. The van der Waals surface area contributed by atoms with Crippen molar-refractivity contribution >= 4 is 0 Å². The van der Waals surface area contributed by atoms with Crippen LogP contribution in [0, 0.1) is 12.3 Å². The Balaban J connectivity index is 3.30. The first kappa shape index (κ1) is 10.7. The number of hydrogen-bond donors (Lipinski definition) is 0. The Bertz CT molecular complexity index is 104. The Morgan fingerprint density at radius 1 is 1.18 bits per heavy atom. The molecule has 0 aliphatic rings. The topological polar surface area (TPSA) is 0 Å². The summed E-state index contributed by atoms with van der Waals surface area (Å²) in [6, 6.07) is 0. The highest BCUT2D eigenvalue weighted by Gasteiger charge is 2.05. The van der Waals surface area contributed by atoms with Gasteiger partial charge in [0.15, 0.2) is 0 Å². The average molecular weight is 153 g/mol. The van der Waals surface area contributed by atoms with E-state index in [0.717, 1.165) is 6.42 Å². The molecule has 65 valence electrons. The van der Waals surface area contributed by atoms with Gasteiger partial charge in [-0.05, 0) is 24.7 Å². The van der Waals surface area contributed by atoms with Gasteiger partial charge in [0.1, 0.15) is 0 Å². The summed E-state index contributed by atoms with van der Waals surface area (Å²) in [5.41, 5.74) is 0.445. The summed E-state index contributed by atoms with van der Waals surface area (Å²) in [7, 11) is 0. The van der Waals surface area contributed by atoms with Gasteiger partial charge in [0.05, 0.1) is 0 Å². The largest absolute Gasteiger partial charge is 0.0885 e. The zero-order valence-electron chi connectivity index (χ0n) is 8.19. The smallest absolute Gasteiger partial charge is 0.0302 e. The molecule has 0 aliphatic carbocycles. The van der Waals surface area contributed by atoms with Crippen LogP contribution in [-0.2, 0) is 0 Å². The molecular weight excluding hydrogens is 132 g/mol. The Morgan fingerprint density at radius 3 is 2.27 bits per heavy atom. The zero-order chi connectivity index (χ0) is 8.74. The van der Waals surface area contributed by atoms with Gasteiger partial charge in [0.2, 0.25) is 0 Å². The number of allylic oxidation sites excluding steroid dienone is 2. The van der Waals surface area contributed by atoms with Gasteiger partial charge in [-0.25, -0.2) is 0 Å². The lowest BCUT2D eigenvalue weighted by atomic mass is 9.92. The molecule has 0 N–H and O–H groups in total. The van der Waals surface area contributed by atoms with Crippen molar-refractivity contribution in [3.05, 3.63) is 19.1 Å². The minimum absolute atomic E-state index is 0.445. The molecule has 0 heteroatoms. The summed E-state index contributed by atoms with van der Waals surface area (Å²) >= 11 is 0. The molecule has 0 fully saturated rings. The molecule has 0 aliphatic heterocycles. The van der Waals surface area contributed by atoms with Gasteiger partial charge in [0, 0.05) is 0 Å². The minimum Gasteiger partial charge on any atom is -0.0885 e. The summed E-state index contributed by atoms with van der Waals surface area (Å²) < 4.78 is 0. The van der Waals surface area contributed by atoms with Crippen LogP contribution in [0.3, 0.4) is 0 Å². The van der Waals surface area contributed by atoms with Gasteiger partial charge in [0.25, 0.3) is 0 Å². The lowest BCUT2D eigenvalue weighted by molar-refractivity contribution is 0.420. The van der Waals surface area contributed by atoms with Crippen molar-refractivity contribution in [3.8, 4) is 0 Å². The molecule has 0 unspecified atom stereocenters. The van der Waals surface area contributed by atoms with Crippen LogP contribution in [0.2, 0.25) is 0 Å². The lowest BCUT2D eigenvalue weighted by Crippen LogP contribution is -2.01. The second-order valence-electron chi connectivity index (χ2n) is 4.23. The summed E-state index contributed by atoms with van der Waals surface area (Å²) in [4.78, 5) is 0. The maximum atomic E-state index is 3.80.